The van der Waals surface area contributed by atoms with Crippen LogP contribution in [0, 0.1) is 0 Å². The van der Waals surface area contributed by atoms with Crippen LogP contribution in [0.4, 0.5) is 5.13 Å². The molecule has 16 nitrogen and oxygen atoms in total. The van der Waals surface area contributed by atoms with E-state index < -0.39 is 62.6 Å². The third kappa shape index (κ3) is 6.04. The summed E-state index contributed by atoms with van der Waals surface area (Å²) in [5, 5.41) is 19.3. The summed E-state index contributed by atoms with van der Waals surface area (Å²) in [5.74, 6) is -3.21. The average molecular weight is 558 g/mol. The highest BCUT2D eigenvalue weighted by atomic mass is 32.2. The molecule has 2 aromatic rings. The number of aromatic amines is 1. The Hall–Kier alpha value is -4.03. The number of thiazole rings is 1. The summed E-state index contributed by atoms with van der Waals surface area (Å²) in [6.45, 7) is 3.87. The van der Waals surface area contributed by atoms with Gasteiger partial charge in [-0.15, -0.1) is 11.3 Å². The molecule has 1 aliphatic heterocycles. The topological polar surface area (TPSA) is 246 Å². The van der Waals surface area contributed by atoms with E-state index in [1.54, 1.807) is 0 Å². The van der Waals surface area contributed by atoms with Crippen LogP contribution in [0.1, 0.15) is 32.2 Å². The van der Waals surface area contributed by atoms with Gasteiger partial charge in [0.1, 0.15) is 11.7 Å². The first-order valence-electron chi connectivity index (χ1n) is 10.4. The minimum absolute atomic E-state index is 0.0380. The fraction of sp³-hybridized carbons (Fsp3) is 0.368. The molecule has 200 valence electrons. The maximum absolute atomic E-state index is 12.9. The number of nitrogens with zero attached hydrogens (tertiary/aromatic N) is 3. The van der Waals surface area contributed by atoms with E-state index >= 15 is 0 Å². The number of β-lactam (4-membered cyclic amide) rings is 1. The standard InChI is InChI=1S/C19H23N7O9S2/c1-8-13(16(30)26(8)37(32,33)34)24-15(29)14(10-7-36-18(20)23-10)25-35-19(2,3)17(31)22-5-9-4-11(27)12(28)6-21-9/h4,6-8,13,28H,5H2,1-3H3,(H2,20,23)(H,21,27)(H,22,31)(H,24,29)(H,32,33,34)/t8-,13-/m0/s1. The van der Waals surface area contributed by atoms with Crippen LogP contribution < -0.4 is 21.8 Å². The van der Waals surface area contributed by atoms with Crippen molar-refractivity contribution >= 4 is 50.2 Å². The van der Waals surface area contributed by atoms with E-state index in [0.717, 1.165) is 23.6 Å². The number of amides is 3. The summed E-state index contributed by atoms with van der Waals surface area (Å²) in [5.41, 5.74) is 3.15. The number of pyridine rings is 1. The number of hydrogen-bond acceptors (Lipinski definition) is 12. The Morgan fingerprint density at radius 2 is 2.05 bits per heavy atom. The van der Waals surface area contributed by atoms with E-state index in [0.29, 0.717) is 5.69 Å². The number of hydrogen-bond donors (Lipinski definition) is 6. The number of nitrogen functional groups attached to an aromatic ring is 1. The van der Waals surface area contributed by atoms with Gasteiger partial charge >= 0.3 is 10.3 Å². The van der Waals surface area contributed by atoms with Crippen LogP contribution in [0.5, 0.6) is 5.75 Å². The first-order chi connectivity index (χ1) is 17.1. The van der Waals surface area contributed by atoms with E-state index in [-0.39, 0.29) is 21.7 Å². The number of oxime groups is 1. The van der Waals surface area contributed by atoms with Crippen LogP contribution in [-0.2, 0) is 36.1 Å². The van der Waals surface area contributed by atoms with Crippen molar-refractivity contribution in [2.24, 2.45) is 5.16 Å². The van der Waals surface area contributed by atoms with Gasteiger partial charge in [-0.1, -0.05) is 5.16 Å². The monoisotopic (exact) mass is 557 g/mol. The molecule has 7 N–H and O–H groups in total. The molecule has 0 bridgehead atoms. The number of carbonyl (C=O) groups is 3. The molecule has 3 rings (SSSR count). The predicted molar refractivity (Wildman–Crippen MR) is 129 cm³/mol. The first-order valence-corrected chi connectivity index (χ1v) is 12.7. The van der Waals surface area contributed by atoms with E-state index in [1.807, 2.05) is 0 Å². The highest BCUT2D eigenvalue weighted by molar-refractivity contribution is 7.84. The van der Waals surface area contributed by atoms with Gasteiger partial charge in [-0.05, 0) is 20.8 Å². The molecule has 1 aliphatic rings. The van der Waals surface area contributed by atoms with Crippen LogP contribution in [0.15, 0.2) is 27.6 Å². The van der Waals surface area contributed by atoms with Crippen LogP contribution in [0.3, 0.4) is 0 Å². The summed E-state index contributed by atoms with van der Waals surface area (Å²) in [6, 6.07) is -1.27. The van der Waals surface area contributed by atoms with Gasteiger partial charge in [0.05, 0.1) is 12.6 Å². The van der Waals surface area contributed by atoms with Crippen LogP contribution >= 0.6 is 11.3 Å². The van der Waals surface area contributed by atoms with Gasteiger partial charge in [0.2, 0.25) is 11.0 Å². The molecule has 0 radical (unpaired) electrons. The Labute approximate surface area is 213 Å². The van der Waals surface area contributed by atoms with Crippen LogP contribution in [-0.4, -0.2) is 73.5 Å². The Morgan fingerprint density at radius 3 is 2.59 bits per heavy atom. The van der Waals surface area contributed by atoms with Crippen molar-refractivity contribution in [3.63, 3.8) is 0 Å². The molecular formula is C19H23N7O9S2. The zero-order valence-electron chi connectivity index (χ0n) is 19.6. The first kappa shape index (κ1) is 27.6. The molecule has 3 heterocycles. The molecule has 2 aromatic heterocycles. The molecule has 37 heavy (non-hydrogen) atoms. The van der Waals surface area contributed by atoms with E-state index in [1.165, 1.54) is 26.2 Å². The molecule has 0 aliphatic carbocycles. The van der Waals surface area contributed by atoms with Crippen molar-refractivity contribution in [1.29, 1.82) is 0 Å². The number of nitrogens with one attached hydrogen (secondary N) is 3. The number of H-pyrrole nitrogens is 1. The lowest BCUT2D eigenvalue weighted by Crippen LogP contribution is -2.71. The number of aromatic hydroxyl groups is 1. The number of nitrogens with two attached hydrogens (primary N) is 1. The van der Waals surface area contributed by atoms with Crippen molar-refractivity contribution in [3.8, 4) is 5.75 Å². The SMILES string of the molecule is C[C@H]1[C@H](NC(=O)C(=NOC(C)(C)C(=O)NCc2cc(=O)c(O)c[nH]2)c2csc(N)n2)C(=O)N1S(=O)(=O)O. The molecule has 0 saturated carbocycles. The second kappa shape index (κ2) is 10.1. The summed E-state index contributed by atoms with van der Waals surface area (Å²) in [7, 11) is -4.80. The fourth-order valence-corrected chi connectivity index (χ4v) is 4.54. The van der Waals surface area contributed by atoms with Crippen molar-refractivity contribution in [2.45, 2.75) is 45.0 Å². The lowest BCUT2D eigenvalue weighted by atomic mass is 10.0. The van der Waals surface area contributed by atoms with Gasteiger partial charge in [-0.25, -0.2) is 9.29 Å². The Bertz CT molecular complexity index is 1430. The summed E-state index contributed by atoms with van der Waals surface area (Å²) < 4.78 is 31.9. The molecule has 18 heteroatoms. The summed E-state index contributed by atoms with van der Waals surface area (Å²) >= 11 is 0.978. The van der Waals surface area contributed by atoms with Gasteiger partial charge in [-0.2, -0.15) is 8.42 Å². The van der Waals surface area contributed by atoms with E-state index in [2.05, 4.69) is 25.8 Å². The zero-order valence-corrected chi connectivity index (χ0v) is 21.2. The van der Waals surface area contributed by atoms with Crippen molar-refractivity contribution in [2.75, 3.05) is 5.73 Å². The number of carbonyl (C=O) groups excluding carboxylic acids is 3. The quantitative estimate of drug-likeness (QED) is 0.0891. The van der Waals surface area contributed by atoms with Crippen LogP contribution in [0.2, 0.25) is 0 Å². The van der Waals surface area contributed by atoms with Gasteiger partial charge in [0.15, 0.2) is 16.6 Å². The second-order valence-corrected chi connectivity index (χ2v) is 10.5. The van der Waals surface area contributed by atoms with E-state index in [4.69, 9.17) is 15.1 Å². The maximum Gasteiger partial charge on any atom is 0.362 e. The largest absolute Gasteiger partial charge is 0.503 e. The smallest absolute Gasteiger partial charge is 0.362 e. The third-order valence-electron chi connectivity index (χ3n) is 5.15. The van der Waals surface area contributed by atoms with Crippen LogP contribution in [0.25, 0.3) is 0 Å². The number of rotatable bonds is 9. The predicted octanol–water partition coefficient (Wildman–Crippen LogP) is -1.55. The van der Waals surface area contributed by atoms with E-state index in [9.17, 15) is 32.7 Å². The average Bonchev–Trinajstić information content (AvgIpc) is 3.23. The highest BCUT2D eigenvalue weighted by Gasteiger charge is 2.51. The molecule has 0 spiro atoms. The molecule has 1 saturated heterocycles. The Morgan fingerprint density at radius 1 is 1.38 bits per heavy atom. The minimum Gasteiger partial charge on any atom is -0.503 e. The number of anilines is 1. The zero-order chi connectivity index (χ0) is 27.7. The lowest BCUT2D eigenvalue weighted by Gasteiger charge is -2.42. The third-order valence-corrected chi connectivity index (χ3v) is 6.84. The van der Waals surface area contributed by atoms with Crippen molar-refractivity contribution < 1.29 is 37.3 Å². The molecule has 0 aromatic carbocycles. The van der Waals surface area contributed by atoms with Gasteiger partial charge in [0, 0.05) is 23.3 Å². The number of aromatic nitrogens is 2. The second-order valence-electron chi connectivity index (χ2n) is 8.31. The minimum atomic E-state index is -4.80. The molecule has 3 amide bonds. The Kier molecular flexibility index (Phi) is 7.56. The Balaban J connectivity index is 1.74. The molecule has 0 unspecified atom stereocenters. The molecule has 2 atom stereocenters. The fourth-order valence-electron chi connectivity index (χ4n) is 3.11. The maximum atomic E-state index is 12.9. The van der Waals surface area contributed by atoms with Crippen molar-refractivity contribution in [3.05, 3.63) is 39.3 Å². The summed E-state index contributed by atoms with van der Waals surface area (Å²) in [4.78, 5) is 61.1. The van der Waals surface area contributed by atoms with Crippen molar-refractivity contribution in [1.82, 2.24) is 24.9 Å². The van der Waals surface area contributed by atoms with Gasteiger partial charge in [0.25, 0.3) is 17.7 Å². The van der Waals surface area contributed by atoms with Gasteiger partial charge < -0.3 is 31.3 Å². The van der Waals surface area contributed by atoms with Gasteiger partial charge in [-0.3, -0.25) is 23.7 Å². The normalized spacial score (nSPS) is 18.2. The highest BCUT2D eigenvalue weighted by Crippen LogP contribution is 2.23. The lowest BCUT2D eigenvalue weighted by molar-refractivity contribution is -0.144. The molecule has 1 fully saturated rings. The molecular weight excluding hydrogens is 534 g/mol. The summed E-state index contributed by atoms with van der Waals surface area (Å²) in [6.07, 6.45) is 1.07.